The molecule has 1 aliphatic heterocycles. The Morgan fingerprint density at radius 1 is 1.12 bits per heavy atom. The third-order valence-corrected chi connectivity index (χ3v) is 8.47. The number of H-pyrrole nitrogens is 1. The number of urea groups is 1. The number of carbonyl (C=O) groups excluding carboxylic acids is 3. The predicted molar refractivity (Wildman–Crippen MR) is 147 cm³/mol. The van der Waals surface area contributed by atoms with Crippen LogP contribution in [0.25, 0.3) is 11.1 Å². The quantitative estimate of drug-likeness (QED) is 0.448. The highest BCUT2D eigenvalue weighted by Gasteiger charge is 2.56. The summed E-state index contributed by atoms with van der Waals surface area (Å²) in [7, 11) is 0. The van der Waals surface area contributed by atoms with Crippen LogP contribution in [-0.4, -0.2) is 45.2 Å². The summed E-state index contributed by atoms with van der Waals surface area (Å²) in [6.07, 6.45) is 4.64. The van der Waals surface area contributed by atoms with Gasteiger partial charge in [0.2, 0.25) is 5.91 Å². The summed E-state index contributed by atoms with van der Waals surface area (Å²) in [5.74, 6) is -0.222. The molecule has 40 heavy (non-hydrogen) atoms. The number of aromatic nitrogens is 1. The van der Waals surface area contributed by atoms with Crippen LogP contribution in [0.3, 0.4) is 0 Å². The van der Waals surface area contributed by atoms with Gasteiger partial charge < -0.3 is 15.2 Å². The number of rotatable bonds is 7. The number of hydrogen-bond acceptors (Lipinski definition) is 5. The van der Waals surface area contributed by atoms with E-state index in [1.54, 1.807) is 11.1 Å². The first-order valence-corrected chi connectivity index (χ1v) is 13.5. The molecule has 1 saturated heterocycles. The summed E-state index contributed by atoms with van der Waals surface area (Å²) < 4.78 is 0. The van der Waals surface area contributed by atoms with Crippen molar-refractivity contribution in [2.75, 3.05) is 6.54 Å². The molecular weight excluding hydrogens is 506 g/mol. The number of nitrogens with zero attached hydrogens (tertiary/aromatic N) is 3. The van der Waals surface area contributed by atoms with E-state index in [4.69, 9.17) is 0 Å². The standard InChI is InChI=1S/C31H29N5O4/c1-19(21-7-8-21)35(17-20-5-3-2-4-6-20)27(37)18-36-29(39)31(34-30(36)40)12-11-23-13-22(9-10-26(23)31)25-14-24(15-32)28(38)33-16-25/h2-6,9-10,13-14,16,19,21H,7-8,11-12,17-18H2,1H3,(H,33,38)(H,34,40). The van der Waals surface area contributed by atoms with Gasteiger partial charge in [0.25, 0.3) is 11.5 Å². The van der Waals surface area contributed by atoms with Crippen LogP contribution in [0.2, 0.25) is 0 Å². The highest BCUT2D eigenvalue weighted by atomic mass is 16.2. The molecule has 202 valence electrons. The lowest BCUT2D eigenvalue weighted by Crippen LogP contribution is -2.47. The molecule has 0 bridgehead atoms. The van der Waals surface area contributed by atoms with Gasteiger partial charge in [0.1, 0.15) is 23.7 Å². The number of pyridine rings is 1. The summed E-state index contributed by atoms with van der Waals surface area (Å²) >= 11 is 0. The minimum atomic E-state index is -1.21. The van der Waals surface area contributed by atoms with E-state index in [1.807, 2.05) is 61.5 Å². The van der Waals surface area contributed by atoms with Crippen LogP contribution in [0.15, 0.2) is 65.6 Å². The summed E-state index contributed by atoms with van der Waals surface area (Å²) in [4.78, 5) is 57.8. The van der Waals surface area contributed by atoms with Gasteiger partial charge >= 0.3 is 6.03 Å². The van der Waals surface area contributed by atoms with Crippen molar-refractivity contribution in [3.05, 3.63) is 93.4 Å². The van der Waals surface area contributed by atoms with E-state index < -0.39 is 23.0 Å². The van der Waals surface area contributed by atoms with Gasteiger partial charge in [0.05, 0.1) is 0 Å². The molecule has 2 aliphatic carbocycles. The lowest BCUT2D eigenvalue weighted by molar-refractivity contribution is -0.141. The van der Waals surface area contributed by atoms with Crippen molar-refractivity contribution in [3.63, 3.8) is 0 Å². The summed E-state index contributed by atoms with van der Waals surface area (Å²) in [6.45, 7) is 2.16. The number of nitrogens with one attached hydrogen (secondary N) is 2. The van der Waals surface area contributed by atoms with Gasteiger partial charge in [-0.15, -0.1) is 0 Å². The van der Waals surface area contributed by atoms with Crippen molar-refractivity contribution in [1.29, 1.82) is 5.26 Å². The minimum Gasteiger partial charge on any atom is -0.334 e. The number of carbonyl (C=O) groups is 3. The van der Waals surface area contributed by atoms with E-state index in [1.165, 1.54) is 6.07 Å². The van der Waals surface area contributed by atoms with Crippen molar-refractivity contribution in [1.82, 2.24) is 20.1 Å². The third-order valence-electron chi connectivity index (χ3n) is 8.47. The first kappa shape index (κ1) is 25.6. The molecule has 0 radical (unpaired) electrons. The summed E-state index contributed by atoms with van der Waals surface area (Å²) in [5, 5.41) is 12.1. The molecule has 6 rings (SSSR count). The fourth-order valence-corrected chi connectivity index (χ4v) is 6.01. The SMILES string of the molecule is CC(C1CC1)N(Cc1ccccc1)C(=O)CN1C(=O)NC2(CCc3cc(-c4c[nH]c(=O)c(C#N)c4)ccc32)C1=O. The second-order valence-electron chi connectivity index (χ2n) is 10.9. The van der Waals surface area contributed by atoms with E-state index in [0.717, 1.165) is 34.4 Å². The van der Waals surface area contributed by atoms with Gasteiger partial charge in [0, 0.05) is 18.8 Å². The monoisotopic (exact) mass is 535 g/mol. The van der Waals surface area contributed by atoms with E-state index >= 15 is 0 Å². The predicted octanol–water partition coefficient (Wildman–Crippen LogP) is 3.43. The Balaban J connectivity index is 1.24. The molecule has 1 saturated carbocycles. The Morgan fingerprint density at radius 3 is 2.62 bits per heavy atom. The van der Waals surface area contributed by atoms with Gasteiger partial charge in [0.15, 0.2) is 0 Å². The molecule has 3 aliphatic rings. The maximum Gasteiger partial charge on any atom is 0.325 e. The van der Waals surface area contributed by atoms with Crippen LogP contribution < -0.4 is 10.9 Å². The lowest BCUT2D eigenvalue weighted by Gasteiger charge is -2.31. The molecule has 2 unspecified atom stereocenters. The summed E-state index contributed by atoms with van der Waals surface area (Å²) in [5.41, 5.74) is 2.44. The molecule has 2 atom stereocenters. The number of aromatic amines is 1. The number of aryl methyl sites for hydroxylation is 1. The smallest absolute Gasteiger partial charge is 0.325 e. The van der Waals surface area contributed by atoms with Gasteiger partial charge in [-0.2, -0.15) is 5.26 Å². The number of hydrogen-bond donors (Lipinski definition) is 2. The minimum absolute atomic E-state index is 0.0162. The van der Waals surface area contributed by atoms with Crippen LogP contribution in [0.4, 0.5) is 4.79 Å². The Bertz CT molecular complexity index is 1620. The number of amides is 4. The maximum absolute atomic E-state index is 13.8. The zero-order valence-corrected chi connectivity index (χ0v) is 22.1. The number of nitriles is 1. The van der Waals surface area contributed by atoms with E-state index in [-0.39, 0.29) is 24.1 Å². The molecule has 1 aromatic heterocycles. The van der Waals surface area contributed by atoms with Gasteiger partial charge in [-0.05, 0) is 72.4 Å². The van der Waals surface area contributed by atoms with Crippen LogP contribution in [0.5, 0.6) is 0 Å². The molecule has 2 heterocycles. The number of fused-ring (bicyclic) bond motifs is 2. The van der Waals surface area contributed by atoms with Crippen LogP contribution in [0.1, 0.15) is 48.4 Å². The Labute approximate surface area is 231 Å². The Hall–Kier alpha value is -4.71. The third kappa shape index (κ3) is 4.35. The van der Waals surface area contributed by atoms with E-state index in [2.05, 4.69) is 10.3 Å². The molecule has 3 aromatic rings. The zero-order valence-electron chi connectivity index (χ0n) is 22.1. The maximum atomic E-state index is 13.8. The Kier molecular flexibility index (Phi) is 6.26. The van der Waals surface area contributed by atoms with Crippen molar-refractivity contribution in [2.24, 2.45) is 5.92 Å². The van der Waals surface area contributed by atoms with Gasteiger partial charge in [-0.1, -0.05) is 48.5 Å². The topological polar surface area (TPSA) is 126 Å². The van der Waals surface area contributed by atoms with Crippen LogP contribution >= 0.6 is 0 Å². The fraction of sp³-hybridized carbons (Fsp3) is 0.323. The van der Waals surface area contributed by atoms with Crippen molar-refractivity contribution < 1.29 is 14.4 Å². The first-order valence-electron chi connectivity index (χ1n) is 13.5. The van der Waals surface area contributed by atoms with Crippen molar-refractivity contribution >= 4 is 17.8 Å². The van der Waals surface area contributed by atoms with Crippen LogP contribution in [0, 0.1) is 17.2 Å². The zero-order chi connectivity index (χ0) is 28.0. The van der Waals surface area contributed by atoms with E-state index in [0.29, 0.717) is 36.4 Å². The lowest BCUT2D eigenvalue weighted by atomic mass is 9.90. The molecule has 2 N–H and O–H groups in total. The Morgan fingerprint density at radius 2 is 1.90 bits per heavy atom. The largest absolute Gasteiger partial charge is 0.334 e. The molecule has 2 aromatic carbocycles. The number of benzene rings is 2. The second kappa shape index (κ2) is 9.79. The fourth-order valence-electron chi connectivity index (χ4n) is 6.01. The van der Waals surface area contributed by atoms with Crippen LogP contribution in [-0.2, 0) is 28.1 Å². The van der Waals surface area contributed by atoms with Crippen molar-refractivity contribution in [3.8, 4) is 17.2 Å². The number of imide groups is 1. The van der Waals surface area contributed by atoms with E-state index in [9.17, 15) is 24.4 Å². The second-order valence-corrected chi connectivity index (χ2v) is 10.9. The summed E-state index contributed by atoms with van der Waals surface area (Å²) in [6, 6.07) is 18.2. The molecule has 9 nitrogen and oxygen atoms in total. The molecule has 1 spiro atoms. The highest BCUT2D eigenvalue weighted by Crippen LogP contribution is 2.43. The molecule has 2 fully saturated rings. The first-order chi connectivity index (χ1) is 19.3. The van der Waals surface area contributed by atoms with Gasteiger partial charge in [-0.25, -0.2) is 4.79 Å². The van der Waals surface area contributed by atoms with Gasteiger partial charge in [-0.3, -0.25) is 19.3 Å². The molecule has 4 amide bonds. The molecule has 9 heteroatoms. The normalized spacial score (nSPS) is 20.2. The van der Waals surface area contributed by atoms with Crippen molar-refractivity contribution in [2.45, 2.75) is 50.7 Å². The average molecular weight is 536 g/mol. The average Bonchev–Trinajstić information content (AvgIpc) is 3.72. The highest BCUT2D eigenvalue weighted by molar-refractivity contribution is 6.10. The molecular formula is C31H29N5O4.